The third-order valence-electron chi connectivity index (χ3n) is 4.07. The van der Waals surface area contributed by atoms with Crippen LogP contribution in [0.4, 0.5) is 4.79 Å². The Hall–Kier alpha value is -2.45. The Morgan fingerprint density at radius 3 is 2.80 bits per heavy atom. The molecule has 2 aromatic rings. The number of hydrogen-bond donors (Lipinski definition) is 2. The van der Waals surface area contributed by atoms with Gasteiger partial charge in [0.2, 0.25) is 0 Å². The number of aromatic nitrogens is 3. The molecule has 1 aromatic heterocycles. The second kappa shape index (κ2) is 8.59. The van der Waals surface area contributed by atoms with Crippen LogP contribution in [0.1, 0.15) is 12.7 Å². The standard InChI is InChI=1S/C17H24N6O2/c1-14(12-22-7-9-25-10-8-22)20-17(24)18-11-16-21-19-13-23(16)15-5-3-2-4-6-15/h2-6,13-14H,7-12H2,1H3,(H2,18,20,24). The molecule has 1 aliphatic heterocycles. The van der Waals surface area contributed by atoms with Crippen LogP contribution in [0.25, 0.3) is 5.69 Å². The van der Waals surface area contributed by atoms with Crippen LogP contribution in [-0.4, -0.2) is 64.6 Å². The summed E-state index contributed by atoms with van der Waals surface area (Å²) in [6.45, 7) is 6.47. The zero-order chi connectivity index (χ0) is 17.5. The third-order valence-corrected chi connectivity index (χ3v) is 4.07. The van der Waals surface area contributed by atoms with Crippen molar-refractivity contribution in [3.63, 3.8) is 0 Å². The van der Waals surface area contributed by atoms with Gasteiger partial charge in [0.1, 0.15) is 6.33 Å². The molecule has 2 heterocycles. The lowest BCUT2D eigenvalue weighted by molar-refractivity contribution is 0.0349. The van der Waals surface area contributed by atoms with E-state index in [1.807, 2.05) is 41.8 Å². The van der Waals surface area contributed by atoms with Crippen molar-refractivity contribution in [2.45, 2.75) is 19.5 Å². The van der Waals surface area contributed by atoms with Gasteiger partial charge in [-0.1, -0.05) is 18.2 Å². The highest BCUT2D eigenvalue weighted by molar-refractivity contribution is 5.74. The monoisotopic (exact) mass is 344 g/mol. The zero-order valence-corrected chi connectivity index (χ0v) is 14.4. The average Bonchev–Trinajstić information content (AvgIpc) is 3.10. The summed E-state index contributed by atoms with van der Waals surface area (Å²) < 4.78 is 7.19. The van der Waals surface area contributed by atoms with Crippen molar-refractivity contribution in [3.05, 3.63) is 42.5 Å². The highest BCUT2D eigenvalue weighted by Crippen LogP contribution is 2.08. The number of hydrogen-bond acceptors (Lipinski definition) is 5. The molecule has 134 valence electrons. The molecule has 0 saturated carbocycles. The number of para-hydroxylation sites is 1. The lowest BCUT2D eigenvalue weighted by atomic mass is 10.3. The van der Waals surface area contributed by atoms with E-state index in [9.17, 15) is 4.79 Å². The Kier molecular flexibility index (Phi) is 5.97. The van der Waals surface area contributed by atoms with E-state index in [2.05, 4.69) is 25.7 Å². The maximum Gasteiger partial charge on any atom is 0.315 e. The Morgan fingerprint density at radius 2 is 2.04 bits per heavy atom. The Morgan fingerprint density at radius 1 is 1.28 bits per heavy atom. The molecular weight excluding hydrogens is 320 g/mol. The molecular formula is C17H24N6O2. The second-order valence-electron chi connectivity index (χ2n) is 6.09. The fourth-order valence-corrected chi connectivity index (χ4v) is 2.83. The molecule has 3 rings (SSSR count). The molecule has 0 spiro atoms. The fourth-order valence-electron chi connectivity index (χ4n) is 2.83. The van der Waals surface area contributed by atoms with Crippen molar-refractivity contribution >= 4 is 6.03 Å². The zero-order valence-electron chi connectivity index (χ0n) is 14.4. The average molecular weight is 344 g/mol. The summed E-state index contributed by atoms with van der Waals surface area (Å²) in [5.74, 6) is 0.683. The normalized spacial score (nSPS) is 16.4. The van der Waals surface area contributed by atoms with E-state index >= 15 is 0 Å². The summed E-state index contributed by atoms with van der Waals surface area (Å²) in [5.41, 5.74) is 0.963. The Labute approximate surface area is 147 Å². The molecule has 1 atom stereocenters. The molecule has 8 heteroatoms. The largest absolute Gasteiger partial charge is 0.379 e. The summed E-state index contributed by atoms with van der Waals surface area (Å²) in [7, 11) is 0. The number of carbonyl (C=O) groups excluding carboxylic acids is 1. The van der Waals surface area contributed by atoms with E-state index in [1.165, 1.54) is 0 Å². The van der Waals surface area contributed by atoms with Crippen LogP contribution in [0.15, 0.2) is 36.7 Å². The fraction of sp³-hybridized carbons (Fsp3) is 0.471. The minimum Gasteiger partial charge on any atom is -0.379 e. The number of ether oxygens (including phenoxy) is 1. The van der Waals surface area contributed by atoms with Crippen LogP contribution in [0.5, 0.6) is 0 Å². The minimum atomic E-state index is -0.205. The maximum absolute atomic E-state index is 12.1. The van der Waals surface area contributed by atoms with Gasteiger partial charge >= 0.3 is 6.03 Å². The molecule has 1 aliphatic rings. The molecule has 1 fully saturated rings. The van der Waals surface area contributed by atoms with Gasteiger partial charge in [-0.15, -0.1) is 10.2 Å². The van der Waals surface area contributed by atoms with Crippen molar-refractivity contribution in [2.75, 3.05) is 32.8 Å². The van der Waals surface area contributed by atoms with Gasteiger partial charge in [-0.05, 0) is 19.1 Å². The van der Waals surface area contributed by atoms with Crippen molar-refractivity contribution in [1.29, 1.82) is 0 Å². The van der Waals surface area contributed by atoms with Gasteiger partial charge in [0.25, 0.3) is 0 Å². The first-order valence-corrected chi connectivity index (χ1v) is 8.51. The lowest BCUT2D eigenvalue weighted by Gasteiger charge is -2.29. The summed E-state index contributed by atoms with van der Waals surface area (Å²) >= 11 is 0. The molecule has 1 aromatic carbocycles. The van der Waals surface area contributed by atoms with Gasteiger partial charge in [-0.25, -0.2) is 4.79 Å². The smallest absolute Gasteiger partial charge is 0.315 e. The van der Waals surface area contributed by atoms with E-state index in [0.717, 1.165) is 38.5 Å². The third kappa shape index (κ3) is 5.01. The first-order valence-electron chi connectivity index (χ1n) is 8.51. The number of urea groups is 1. The highest BCUT2D eigenvalue weighted by atomic mass is 16.5. The van der Waals surface area contributed by atoms with Crippen molar-refractivity contribution in [2.24, 2.45) is 0 Å². The van der Waals surface area contributed by atoms with Gasteiger partial charge in [0, 0.05) is 31.4 Å². The van der Waals surface area contributed by atoms with Gasteiger partial charge in [-0.2, -0.15) is 0 Å². The van der Waals surface area contributed by atoms with E-state index in [4.69, 9.17) is 4.74 Å². The van der Waals surface area contributed by atoms with Crippen LogP contribution in [0.3, 0.4) is 0 Å². The van der Waals surface area contributed by atoms with Crippen LogP contribution in [0.2, 0.25) is 0 Å². The quantitative estimate of drug-likeness (QED) is 0.809. The number of morpholine rings is 1. The van der Waals surface area contributed by atoms with Gasteiger partial charge < -0.3 is 15.4 Å². The molecule has 8 nitrogen and oxygen atoms in total. The molecule has 0 bridgehead atoms. The van der Waals surface area contributed by atoms with E-state index in [-0.39, 0.29) is 12.1 Å². The summed E-state index contributed by atoms with van der Waals surface area (Å²) in [4.78, 5) is 14.4. The SMILES string of the molecule is CC(CN1CCOCC1)NC(=O)NCc1nncn1-c1ccccc1. The van der Waals surface area contributed by atoms with E-state index in [1.54, 1.807) is 6.33 Å². The number of nitrogens with one attached hydrogen (secondary N) is 2. The van der Waals surface area contributed by atoms with Gasteiger partial charge in [0.15, 0.2) is 5.82 Å². The van der Waals surface area contributed by atoms with Crippen molar-refractivity contribution in [1.82, 2.24) is 30.3 Å². The van der Waals surface area contributed by atoms with Crippen LogP contribution < -0.4 is 10.6 Å². The van der Waals surface area contributed by atoms with E-state index < -0.39 is 0 Å². The number of nitrogens with zero attached hydrogens (tertiary/aromatic N) is 4. The maximum atomic E-state index is 12.1. The lowest BCUT2D eigenvalue weighted by Crippen LogP contribution is -2.48. The number of amides is 2. The topological polar surface area (TPSA) is 84.3 Å². The van der Waals surface area contributed by atoms with Crippen LogP contribution >= 0.6 is 0 Å². The first kappa shape index (κ1) is 17.4. The molecule has 0 aliphatic carbocycles. The second-order valence-corrected chi connectivity index (χ2v) is 6.09. The molecule has 2 amide bonds. The van der Waals surface area contributed by atoms with E-state index in [0.29, 0.717) is 12.4 Å². The minimum absolute atomic E-state index is 0.0603. The Bertz CT molecular complexity index is 669. The Balaban J connectivity index is 1.47. The van der Waals surface area contributed by atoms with Crippen molar-refractivity contribution < 1.29 is 9.53 Å². The number of rotatable bonds is 6. The number of carbonyl (C=O) groups is 1. The summed E-state index contributed by atoms with van der Waals surface area (Å²) in [5, 5.41) is 13.8. The molecule has 0 radical (unpaired) electrons. The molecule has 1 unspecified atom stereocenters. The first-order chi connectivity index (χ1) is 12.2. The predicted molar refractivity (Wildman–Crippen MR) is 93.5 cm³/mol. The predicted octanol–water partition coefficient (Wildman–Crippen LogP) is 0.787. The van der Waals surface area contributed by atoms with Crippen LogP contribution in [0, 0.1) is 0 Å². The highest BCUT2D eigenvalue weighted by Gasteiger charge is 2.15. The number of benzene rings is 1. The van der Waals surface area contributed by atoms with Gasteiger partial charge in [0.05, 0.1) is 19.8 Å². The molecule has 1 saturated heterocycles. The van der Waals surface area contributed by atoms with Gasteiger partial charge in [-0.3, -0.25) is 9.47 Å². The van der Waals surface area contributed by atoms with Crippen molar-refractivity contribution in [3.8, 4) is 5.69 Å². The molecule has 2 N–H and O–H groups in total. The molecule has 25 heavy (non-hydrogen) atoms. The van der Waals surface area contributed by atoms with Crippen LogP contribution in [-0.2, 0) is 11.3 Å². The summed E-state index contributed by atoms with van der Waals surface area (Å²) in [6.07, 6.45) is 1.64. The summed E-state index contributed by atoms with van der Waals surface area (Å²) in [6, 6.07) is 9.65.